The number of Topliss-reactive ketones (excluding diaryl/α,β-unsaturated/α-hetero) is 1. The molecule has 0 saturated heterocycles. The Morgan fingerprint density at radius 2 is 1.71 bits per heavy atom. The van der Waals surface area contributed by atoms with Crippen LogP contribution < -0.4 is 0 Å². The Balaban J connectivity index is 1.79. The third kappa shape index (κ3) is 3.84. The predicted octanol–water partition coefficient (Wildman–Crippen LogP) is 4.62. The Morgan fingerprint density at radius 1 is 1.08 bits per heavy atom. The van der Waals surface area contributed by atoms with Gasteiger partial charge in [-0.2, -0.15) is 0 Å². The van der Waals surface area contributed by atoms with Crippen LogP contribution in [0.5, 0.6) is 0 Å². The smallest absolute Gasteiger partial charge is 0.414 e. The lowest BCUT2D eigenvalue weighted by Gasteiger charge is -2.31. The van der Waals surface area contributed by atoms with E-state index in [1.165, 1.54) is 4.90 Å². The number of hydrogen-bond donors (Lipinski definition) is 0. The molecule has 2 aromatic carbocycles. The molecule has 0 aliphatic carbocycles. The Bertz CT molecular complexity index is 759. The number of benzene rings is 2. The fraction of sp³-hybridized carbons (Fsp3) is 0.158. The van der Waals surface area contributed by atoms with Crippen molar-refractivity contribution in [3.8, 4) is 0 Å². The molecule has 0 radical (unpaired) electrons. The summed E-state index contributed by atoms with van der Waals surface area (Å²) in [5, 5.41) is 0. The molecule has 1 aliphatic rings. The summed E-state index contributed by atoms with van der Waals surface area (Å²) in [4.78, 5) is 26.1. The molecule has 0 saturated carbocycles. The highest BCUT2D eigenvalue weighted by Gasteiger charge is 2.32. The highest BCUT2D eigenvalue weighted by atomic mass is 127. The number of ketones is 1. The van der Waals surface area contributed by atoms with Gasteiger partial charge in [-0.25, -0.2) is 4.79 Å². The molecule has 1 aliphatic heterocycles. The number of nitrogens with zero attached hydrogens (tertiary/aromatic N) is 1. The summed E-state index contributed by atoms with van der Waals surface area (Å²) >= 11 is 1.96. The van der Waals surface area contributed by atoms with Gasteiger partial charge in [0, 0.05) is 12.6 Å². The maximum atomic E-state index is 12.6. The van der Waals surface area contributed by atoms with E-state index in [-0.39, 0.29) is 24.9 Å². The van der Waals surface area contributed by atoms with Crippen molar-refractivity contribution in [3.05, 3.63) is 81.6 Å². The Hall–Kier alpha value is -2.15. The van der Waals surface area contributed by atoms with Crippen LogP contribution in [0.3, 0.4) is 0 Å². The molecule has 0 fully saturated rings. The van der Waals surface area contributed by atoms with E-state index in [0.717, 1.165) is 11.1 Å². The number of amides is 1. The Kier molecular flexibility index (Phi) is 5.30. The summed E-state index contributed by atoms with van der Waals surface area (Å²) in [5.41, 5.74) is 1.84. The first kappa shape index (κ1) is 16.7. The summed E-state index contributed by atoms with van der Waals surface area (Å²) in [6.45, 7) is 0.204. The predicted molar refractivity (Wildman–Crippen MR) is 99.4 cm³/mol. The van der Waals surface area contributed by atoms with E-state index in [1.807, 2.05) is 83.3 Å². The maximum Gasteiger partial charge on any atom is 0.414 e. The van der Waals surface area contributed by atoms with Gasteiger partial charge in [0.15, 0.2) is 5.78 Å². The fourth-order valence-corrected chi connectivity index (χ4v) is 3.10. The third-order valence-electron chi connectivity index (χ3n) is 3.83. The van der Waals surface area contributed by atoms with Crippen LogP contribution in [0.4, 0.5) is 4.79 Å². The van der Waals surface area contributed by atoms with Crippen LogP contribution in [-0.2, 0) is 16.1 Å². The molecule has 0 spiro atoms. The van der Waals surface area contributed by atoms with Gasteiger partial charge < -0.3 is 4.74 Å². The minimum absolute atomic E-state index is 0.0385. The zero-order valence-corrected chi connectivity index (χ0v) is 15.0. The molecule has 1 heterocycles. The van der Waals surface area contributed by atoms with Crippen LogP contribution in [0.15, 0.2) is 70.4 Å². The molecule has 1 unspecified atom stereocenters. The van der Waals surface area contributed by atoms with Crippen LogP contribution in [0.2, 0.25) is 0 Å². The van der Waals surface area contributed by atoms with Gasteiger partial charge in [-0.1, -0.05) is 60.7 Å². The second-order valence-electron chi connectivity index (χ2n) is 5.48. The lowest BCUT2D eigenvalue weighted by molar-refractivity contribution is -0.116. The van der Waals surface area contributed by atoms with Crippen molar-refractivity contribution < 1.29 is 14.3 Å². The highest BCUT2D eigenvalue weighted by Crippen LogP contribution is 2.33. The van der Waals surface area contributed by atoms with E-state index in [4.69, 9.17) is 4.74 Å². The summed E-state index contributed by atoms with van der Waals surface area (Å²) < 4.78 is 5.97. The Labute approximate surface area is 154 Å². The second-order valence-corrected chi connectivity index (χ2v) is 6.64. The van der Waals surface area contributed by atoms with Crippen LogP contribution in [-0.4, -0.2) is 16.8 Å². The lowest BCUT2D eigenvalue weighted by atomic mass is 9.98. The van der Waals surface area contributed by atoms with Crippen molar-refractivity contribution in [3.63, 3.8) is 0 Å². The highest BCUT2D eigenvalue weighted by molar-refractivity contribution is 14.1. The molecule has 2 aromatic rings. The maximum absolute atomic E-state index is 12.6. The molecule has 4 nitrogen and oxygen atoms in total. The van der Waals surface area contributed by atoms with E-state index in [0.29, 0.717) is 3.58 Å². The van der Waals surface area contributed by atoms with Crippen LogP contribution in [0.25, 0.3) is 0 Å². The van der Waals surface area contributed by atoms with Gasteiger partial charge >= 0.3 is 6.09 Å². The minimum Gasteiger partial charge on any atom is -0.444 e. The van der Waals surface area contributed by atoms with E-state index in [2.05, 4.69) is 0 Å². The zero-order valence-electron chi connectivity index (χ0n) is 12.9. The molecule has 3 rings (SSSR count). The van der Waals surface area contributed by atoms with E-state index < -0.39 is 6.09 Å². The summed E-state index contributed by atoms with van der Waals surface area (Å²) in [6, 6.07) is 18.7. The van der Waals surface area contributed by atoms with Crippen molar-refractivity contribution in [2.75, 3.05) is 0 Å². The van der Waals surface area contributed by atoms with E-state index in [1.54, 1.807) is 6.20 Å². The average Bonchev–Trinajstić information content (AvgIpc) is 2.63. The van der Waals surface area contributed by atoms with Crippen LogP contribution in [0, 0.1) is 0 Å². The van der Waals surface area contributed by atoms with Gasteiger partial charge in [0.1, 0.15) is 6.61 Å². The normalized spacial score (nSPS) is 17.4. The molecular formula is C19H16INO3. The van der Waals surface area contributed by atoms with Gasteiger partial charge in [-0.05, 0) is 33.7 Å². The molecule has 1 amide bonds. The molecule has 1 atom stereocenters. The number of hydrogen-bond acceptors (Lipinski definition) is 3. The number of carbonyl (C=O) groups is 2. The molecule has 0 aromatic heterocycles. The fourth-order valence-electron chi connectivity index (χ4n) is 2.58. The lowest BCUT2D eigenvalue weighted by Crippen LogP contribution is -2.35. The number of carbonyl (C=O) groups excluding carboxylic acids is 2. The number of halogens is 1. The first-order chi connectivity index (χ1) is 11.6. The van der Waals surface area contributed by atoms with E-state index in [9.17, 15) is 9.59 Å². The molecular weight excluding hydrogens is 417 g/mol. The topological polar surface area (TPSA) is 46.6 Å². The summed E-state index contributed by atoms with van der Waals surface area (Å²) in [6.07, 6.45) is 1.39. The molecule has 122 valence electrons. The van der Waals surface area contributed by atoms with Gasteiger partial charge in [-0.15, -0.1) is 0 Å². The number of rotatable bonds is 3. The molecule has 24 heavy (non-hydrogen) atoms. The van der Waals surface area contributed by atoms with Gasteiger partial charge in [0.05, 0.1) is 9.62 Å². The molecule has 5 heteroatoms. The van der Waals surface area contributed by atoms with Crippen molar-refractivity contribution in [2.24, 2.45) is 0 Å². The van der Waals surface area contributed by atoms with Crippen LogP contribution in [0.1, 0.15) is 23.6 Å². The van der Waals surface area contributed by atoms with Gasteiger partial charge in [-0.3, -0.25) is 9.69 Å². The van der Waals surface area contributed by atoms with Crippen molar-refractivity contribution in [2.45, 2.75) is 19.1 Å². The van der Waals surface area contributed by atoms with E-state index >= 15 is 0 Å². The van der Waals surface area contributed by atoms with Gasteiger partial charge in [0.25, 0.3) is 0 Å². The largest absolute Gasteiger partial charge is 0.444 e. The Morgan fingerprint density at radius 3 is 2.38 bits per heavy atom. The monoisotopic (exact) mass is 433 g/mol. The zero-order chi connectivity index (χ0) is 16.9. The number of ether oxygens (including phenoxy) is 1. The minimum atomic E-state index is -0.450. The van der Waals surface area contributed by atoms with Crippen molar-refractivity contribution in [1.29, 1.82) is 0 Å². The third-order valence-corrected chi connectivity index (χ3v) is 4.71. The van der Waals surface area contributed by atoms with Crippen molar-refractivity contribution in [1.82, 2.24) is 4.90 Å². The molecule has 0 N–H and O–H groups in total. The standard InChI is InChI=1S/C19H16INO3/c20-16-12-21(19(23)24-13-14-7-3-1-4-8-14)17(11-18(16)22)15-9-5-2-6-10-15/h1-10,12,17H,11,13H2. The summed E-state index contributed by atoms with van der Waals surface area (Å²) in [7, 11) is 0. The second kappa shape index (κ2) is 7.61. The average molecular weight is 433 g/mol. The van der Waals surface area contributed by atoms with Crippen LogP contribution >= 0.6 is 22.6 Å². The first-order valence-electron chi connectivity index (χ1n) is 7.59. The quantitative estimate of drug-likeness (QED) is 0.664. The summed E-state index contributed by atoms with van der Waals surface area (Å²) in [5.74, 6) is 0.0385. The van der Waals surface area contributed by atoms with Gasteiger partial charge in [0.2, 0.25) is 0 Å². The van der Waals surface area contributed by atoms with Crippen molar-refractivity contribution >= 4 is 34.5 Å². The molecule has 0 bridgehead atoms. The first-order valence-corrected chi connectivity index (χ1v) is 8.67. The SMILES string of the molecule is O=C1CC(c2ccccc2)N(C(=O)OCc2ccccc2)C=C1I. The number of allylic oxidation sites excluding steroid dienone is 1.